The number of rotatable bonds is 12. The predicted molar refractivity (Wildman–Crippen MR) is 173 cm³/mol. The van der Waals surface area contributed by atoms with E-state index in [2.05, 4.69) is 42.2 Å². The van der Waals surface area contributed by atoms with Crippen molar-refractivity contribution in [1.82, 2.24) is 19.8 Å². The number of hydrogen-bond acceptors (Lipinski definition) is 9. The predicted octanol–water partition coefficient (Wildman–Crippen LogP) is 6.94. The van der Waals surface area contributed by atoms with Gasteiger partial charge in [0.25, 0.3) is 5.91 Å². The second kappa shape index (κ2) is 15.3. The summed E-state index contributed by atoms with van der Waals surface area (Å²) < 4.78 is 69.8. The van der Waals surface area contributed by atoms with Gasteiger partial charge in [-0.2, -0.15) is 4.98 Å². The maximum Gasteiger partial charge on any atom is 0.573 e. The van der Waals surface area contributed by atoms with Crippen LogP contribution in [0.15, 0.2) is 66.9 Å². The van der Waals surface area contributed by atoms with E-state index < -0.39 is 23.8 Å². The summed E-state index contributed by atoms with van der Waals surface area (Å²) in [6.07, 6.45) is -3.08. The molecule has 0 radical (unpaired) electrons. The summed E-state index contributed by atoms with van der Waals surface area (Å²) >= 11 is 0. The maximum atomic E-state index is 15.0. The molecule has 1 fully saturated rings. The molecular weight excluding hydrogens is 632 g/mol. The van der Waals surface area contributed by atoms with Gasteiger partial charge in [-0.3, -0.25) is 4.79 Å². The van der Waals surface area contributed by atoms with Crippen molar-refractivity contribution in [2.75, 3.05) is 57.0 Å². The molecule has 0 unspecified atom stereocenters. The van der Waals surface area contributed by atoms with Crippen LogP contribution in [0.5, 0.6) is 23.1 Å². The number of para-hydroxylation sites is 3. The fourth-order valence-electron chi connectivity index (χ4n) is 5.07. The summed E-state index contributed by atoms with van der Waals surface area (Å²) in [4.78, 5) is 26.5. The molecule has 5 rings (SSSR count). The zero-order valence-electron chi connectivity index (χ0n) is 26.7. The van der Waals surface area contributed by atoms with Crippen molar-refractivity contribution in [3.63, 3.8) is 0 Å². The summed E-state index contributed by atoms with van der Waals surface area (Å²) in [5.74, 6) is -2.65. The fourth-order valence-corrected chi connectivity index (χ4v) is 5.07. The topological polar surface area (TPSA) is 101 Å². The third-order valence-corrected chi connectivity index (χ3v) is 7.66. The minimum Gasteiger partial charge on any atom is -0.490 e. The number of aryl methyl sites for hydroxylation is 2. The molecule has 0 aliphatic carbocycles. The van der Waals surface area contributed by atoms with E-state index in [1.54, 1.807) is 6.07 Å². The van der Waals surface area contributed by atoms with Gasteiger partial charge in [0.1, 0.15) is 5.56 Å². The molecule has 1 aromatic heterocycles. The number of anilines is 3. The van der Waals surface area contributed by atoms with Crippen LogP contribution in [0, 0.1) is 19.7 Å². The van der Waals surface area contributed by atoms with E-state index in [1.165, 1.54) is 30.3 Å². The Morgan fingerprint density at radius 3 is 2.33 bits per heavy atom. The number of halogens is 4. The Morgan fingerprint density at radius 1 is 0.938 bits per heavy atom. The Hall–Kier alpha value is -4.95. The van der Waals surface area contributed by atoms with Crippen LogP contribution in [0.2, 0.25) is 0 Å². The first-order valence-electron chi connectivity index (χ1n) is 15.3. The van der Waals surface area contributed by atoms with Gasteiger partial charge in [-0.05, 0) is 62.7 Å². The number of nitrogens with zero attached hydrogens (tertiary/aromatic N) is 4. The molecule has 0 saturated carbocycles. The van der Waals surface area contributed by atoms with E-state index in [1.807, 2.05) is 32.0 Å². The molecule has 1 aliphatic heterocycles. The molecule has 1 amide bonds. The van der Waals surface area contributed by atoms with Crippen LogP contribution in [0.3, 0.4) is 0 Å². The van der Waals surface area contributed by atoms with Gasteiger partial charge in [0.05, 0.1) is 6.61 Å². The molecule has 1 aliphatic rings. The first-order valence-corrected chi connectivity index (χ1v) is 15.3. The lowest BCUT2D eigenvalue weighted by molar-refractivity contribution is -0.275. The van der Waals surface area contributed by atoms with Crippen molar-refractivity contribution in [1.29, 1.82) is 0 Å². The molecule has 3 aromatic carbocycles. The summed E-state index contributed by atoms with van der Waals surface area (Å²) in [6, 6.07) is 14.8. The highest BCUT2D eigenvalue weighted by molar-refractivity contribution is 6.06. The van der Waals surface area contributed by atoms with Crippen molar-refractivity contribution in [2.24, 2.45) is 0 Å². The molecule has 14 heteroatoms. The third-order valence-electron chi connectivity index (χ3n) is 7.66. The van der Waals surface area contributed by atoms with Crippen LogP contribution in [0.1, 0.15) is 27.9 Å². The van der Waals surface area contributed by atoms with Crippen LogP contribution in [0.4, 0.5) is 34.9 Å². The molecule has 0 bridgehead atoms. The van der Waals surface area contributed by atoms with Crippen LogP contribution >= 0.6 is 0 Å². The van der Waals surface area contributed by atoms with Crippen LogP contribution in [-0.4, -0.2) is 78.4 Å². The lowest BCUT2D eigenvalue weighted by Gasteiger charge is -2.32. The first kappa shape index (κ1) is 34.4. The quantitative estimate of drug-likeness (QED) is 0.123. The average molecular weight is 669 g/mol. The number of alkyl halides is 3. The average Bonchev–Trinajstić information content (AvgIpc) is 3.03. The Labute approximate surface area is 275 Å². The number of nitrogens with one attached hydrogen (secondary N) is 2. The zero-order chi connectivity index (χ0) is 34.3. The molecule has 0 spiro atoms. The molecule has 1 saturated heterocycles. The van der Waals surface area contributed by atoms with E-state index in [-0.39, 0.29) is 34.6 Å². The zero-order valence-corrected chi connectivity index (χ0v) is 26.7. The SMILES string of the molecule is Cc1cccc(C)c1NC(=O)c1cnc(Nc2ccc(OCCCN3CCN(C)CC3)c(F)c2)nc1Oc1ccccc1OC(F)(F)F. The van der Waals surface area contributed by atoms with E-state index in [9.17, 15) is 22.4 Å². The van der Waals surface area contributed by atoms with E-state index in [0.717, 1.165) is 62.5 Å². The van der Waals surface area contributed by atoms with Crippen molar-refractivity contribution in [2.45, 2.75) is 26.6 Å². The number of carbonyl (C=O) groups is 1. The molecule has 4 aromatic rings. The Morgan fingerprint density at radius 2 is 1.65 bits per heavy atom. The monoisotopic (exact) mass is 668 g/mol. The van der Waals surface area contributed by atoms with Gasteiger partial charge in [-0.15, -0.1) is 13.2 Å². The summed E-state index contributed by atoms with van der Waals surface area (Å²) in [7, 11) is 2.10. The molecular formula is C34H36F4N6O4. The van der Waals surface area contributed by atoms with Gasteiger partial charge >= 0.3 is 6.36 Å². The van der Waals surface area contributed by atoms with Gasteiger partial charge in [0.15, 0.2) is 23.1 Å². The number of amides is 1. The largest absolute Gasteiger partial charge is 0.573 e. The molecule has 10 nitrogen and oxygen atoms in total. The number of ether oxygens (including phenoxy) is 3. The highest BCUT2D eigenvalue weighted by Crippen LogP contribution is 2.36. The van der Waals surface area contributed by atoms with Gasteiger partial charge < -0.3 is 34.6 Å². The first-order chi connectivity index (χ1) is 22.9. The van der Waals surface area contributed by atoms with Crippen molar-refractivity contribution in [3.05, 3.63) is 89.4 Å². The minimum absolute atomic E-state index is 0.0867. The van der Waals surface area contributed by atoms with Crippen LogP contribution < -0.4 is 24.8 Å². The van der Waals surface area contributed by atoms with Gasteiger partial charge in [-0.25, -0.2) is 9.37 Å². The smallest absolute Gasteiger partial charge is 0.490 e. The van der Waals surface area contributed by atoms with Gasteiger partial charge in [0, 0.05) is 56.4 Å². The summed E-state index contributed by atoms with van der Waals surface area (Å²) in [6.45, 7) is 8.87. The molecule has 0 atom stereocenters. The number of benzene rings is 3. The van der Waals surface area contributed by atoms with E-state index in [0.29, 0.717) is 12.3 Å². The number of hydrogen-bond donors (Lipinski definition) is 2. The summed E-state index contributed by atoms with van der Waals surface area (Å²) in [5, 5.41) is 5.65. The minimum atomic E-state index is -5.00. The highest BCUT2D eigenvalue weighted by Gasteiger charge is 2.33. The summed E-state index contributed by atoms with van der Waals surface area (Å²) in [5.41, 5.74) is 2.22. The van der Waals surface area contributed by atoms with Crippen molar-refractivity contribution >= 4 is 23.2 Å². The molecule has 48 heavy (non-hydrogen) atoms. The Bertz CT molecular complexity index is 1710. The second-order valence-corrected chi connectivity index (χ2v) is 11.3. The van der Waals surface area contributed by atoms with Crippen molar-refractivity contribution < 1.29 is 36.6 Å². The Balaban J connectivity index is 1.33. The Kier molecular flexibility index (Phi) is 11.0. The standard InChI is InChI=1S/C34H36F4N6O4/c1-22-8-6-9-23(2)30(22)41-31(45)25-21-39-33(42-32(25)47-28-10-4-5-11-29(28)48-34(36,37)38)40-24-12-13-27(26(35)20-24)46-19-7-14-44-17-15-43(3)16-18-44/h4-6,8-13,20-21H,7,14-19H2,1-3H3,(H,41,45)(H,39,40,42). The number of piperazine rings is 1. The lowest BCUT2D eigenvalue weighted by Crippen LogP contribution is -2.44. The molecule has 254 valence electrons. The van der Waals surface area contributed by atoms with E-state index >= 15 is 0 Å². The van der Waals surface area contributed by atoms with E-state index in [4.69, 9.17) is 9.47 Å². The van der Waals surface area contributed by atoms with Gasteiger partial charge in [-0.1, -0.05) is 30.3 Å². The third kappa shape index (κ3) is 9.32. The number of carbonyl (C=O) groups excluding carboxylic acids is 1. The lowest BCUT2D eigenvalue weighted by atomic mass is 10.1. The molecule has 2 N–H and O–H groups in total. The van der Waals surface area contributed by atoms with Crippen LogP contribution in [0.25, 0.3) is 0 Å². The normalized spacial score (nSPS) is 14.0. The number of likely N-dealkylation sites (N-methyl/N-ethyl adjacent to an activating group) is 1. The second-order valence-electron chi connectivity index (χ2n) is 11.3. The van der Waals surface area contributed by atoms with Crippen LogP contribution in [-0.2, 0) is 0 Å². The maximum absolute atomic E-state index is 15.0. The number of aromatic nitrogens is 2. The highest BCUT2D eigenvalue weighted by atomic mass is 19.4. The fraction of sp³-hybridized carbons (Fsp3) is 0.324. The molecule has 2 heterocycles. The van der Waals surface area contributed by atoms with Gasteiger partial charge in [0.2, 0.25) is 11.8 Å². The van der Waals surface area contributed by atoms with Crippen molar-refractivity contribution in [3.8, 4) is 23.1 Å².